The Morgan fingerprint density at radius 3 is 2.70 bits per heavy atom. The first-order chi connectivity index (χ1) is 14.2. The van der Waals surface area contributed by atoms with Crippen LogP contribution in [-0.4, -0.2) is 52.8 Å². The number of carbonyl (C=O) groups is 1. The maximum Gasteiger partial charge on any atom is 0.493 e. The molecule has 13 heteroatoms. The third-order valence-corrected chi connectivity index (χ3v) is 4.55. The van der Waals surface area contributed by atoms with Crippen LogP contribution >= 0.6 is 11.6 Å². The maximum atomic E-state index is 13.4. The van der Waals surface area contributed by atoms with E-state index in [9.17, 15) is 22.4 Å². The Morgan fingerprint density at radius 2 is 2.03 bits per heavy atom. The van der Waals surface area contributed by atoms with E-state index in [2.05, 4.69) is 25.0 Å². The Bertz CT molecular complexity index is 928. The quantitative estimate of drug-likeness (QED) is 0.324. The lowest BCUT2D eigenvalue weighted by Crippen LogP contribution is -2.35. The van der Waals surface area contributed by atoms with Crippen molar-refractivity contribution >= 4 is 29.1 Å². The SMILES string of the molecule is O=C(ONC(=Nc1ccc(F)c(Cl)c1)c1nonc1CCN1CCCC1)C(F)(F)F. The van der Waals surface area contributed by atoms with Crippen LogP contribution in [0.5, 0.6) is 0 Å². The number of aliphatic imine (C=N–C) groups is 1. The van der Waals surface area contributed by atoms with E-state index in [4.69, 9.17) is 16.2 Å². The molecule has 0 spiro atoms. The minimum atomic E-state index is -5.22. The van der Waals surface area contributed by atoms with Gasteiger partial charge in [-0.3, -0.25) is 0 Å². The number of halogens is 5. The highest BCUT2D eigenvalue weighted by Crippen LogP contribution is 2.23. The summed E-state index contributed by atoms with van der Waals surface area (Å²) in [6.45, 7) is 2.48. The topological polar surface area (TPSA) is 92.8 Å². The predicted molar refractivity (Wildman–Crippen MR) is 96.6 cm³/mol. The highest BCUT2D eigenvalue weighted by molar-refractivity contribution is 6.31. The van der Waals surface area contributed by atoms with Crippen molar-refractivity contribution in [3.05, 3.63) is 40.4 Å². The molecule has 8 nitrogen and oxygen atoms in total. The molecular formula is C17H16ClF4N5O3. The molecule has 0 unspecified atom stereocenters. The van der Waals surface area contributed by atoms with Gasteiger partial charge in [-0.05, 0) is 49.3 Å². The van der Waals surface area contributed by atoms with Gasteiger partial charge in [-0.2, -0.15) is 18.7 Å². The first-order valence-corrected chi connectivity index (χ1v) is 9.24. The van der Waals surface area contributed by atoms with E-state index in [1.54, 1.807) is 0 Å². The largest absolute Gasteiger partial charge is 0.493 e. The number of nitrogens with one attached hydrogen (secondary N) is 1. The smallest absolute Gasteiger partial charge is 0.333 e. The summed E-state index contributed by atoms with van der Waals surface area (Å²) in [4.78, 5) is 21.4. The van der Waals surface area contributed by atoms with E-state index < -0.39 is 18.0 Å². The van der Waals surface area contributed by atoms with Crippen molar-refractivity contribution in [2.24, 2.45) is 4.99 Å². The molecule has 0 radical (unpaired) electrons. The number of carbonyl (C=O) groups excluding carboxylic acids is 1. The number of nitrogens with zero attached hydrogens (tertiary/aromatic N) is 4. The first-order valence-electron chi connectivity index (χ1n) is 8.86. The molecule has 1 aliphatic heterocycles. The molecule has 3 rings (SSSR count). The molecule has 2 heterocycles. The lowest BCUT2D eigenvalue weighted by Gasteiger charge is -2.13. The summed E-state index contributed by atoms with van der Waals surface area (Å²) in [6, 6.07) is 3.39. The van der Waals surface area contributed by atoms with Crippen molar-refractivity contribution in [2.75, 3.05) is 19.6 Å². The summed E-state index contributed by atoms with van der Waals surface area (Å²) >= 11 is 5.71. The van der Waals surface area contributed by atoms with Crippen LogP contribution in [-0.2, 0) is 16.1 Å². The number of benzene rings is 1. The summed E-state index contributed by atoms with van der Waals surface area (Å²) in [5.74, 6) is -3.57. The van der Waals surface area contributed by atoms with Gasteiger partial charge >= 0.3 is 12.1 Å². The van der Waals surface area contributed by atoms with Crippen LogP contribution in [0.3, 0.4) is 0 Å². The van der Waals surface area contributed by atoms with E-state index in [-0.39, 0.29) is 22.2 Å². The second-order valence-electron chi connectivity index (χ2n) is 6.41. The zero-order chi connectivity index (χ0) is 21.7. The van der Waals surface area contributed by atoms with Crippen molar-refractivity contribution in [3.63, 3.8) is 0 Å². The van der Waals surface area contributed by atoms with Gasteiger partial charge < -0.3 is 9.74 Å². The van der Waals surface area contributed by atoms with Crippen LogP contribution in [0.1, 0.15) is 24.2 Å². The molecule has 0 amide bonds. The third kappa shape index (κ3) is 5.66. The van der Waals surface area contributed by atoms with E-state index in [0.717, 1.165) is 38.1 Å². The Hall–Kier alpha value is -2.73. The maximum absolute atomic E-state index is 13.4. The summed E-state index contributed by atoms with van der Waals surface area (Å²) in [6.07, 6.45) is -2.69. The van der Waals surface area contributed by atoms with Crippen molar-refractivity contribution in [3.8, 4) is 0 Å². The van der Waals surface area contributed by atoms with Gasteiger partial charge in [0.25, 0.3) is 0 Å². The van der Waals surface area contributed by atoms with Gasteiger partial charge in [-0.15, -0.1) is 0 Å². The van der Waals surface area contributed by atoms with Gasteiger partial charge in [-0.25, -0.2) is 18.8 Å². The molecule has 0 bridgehead atoms. The van der Waals surface area contributed by atoms with E-state index in [1.165, 1.54) is 6.07 Å². The predicted octanol–water partition coefficient (Wildman–Crippen LogP) is 3.19. The molecule has 0 saturated carbocycles. The fourth-order valence-electron chi connectivity index (χ4n) is 2.78. The minimum absolute atomic E-state index is 0.0513. The zero-order valence-electron chi connectivity index (χ0n) is 15.4. The Kier molecular flexibility index (Phi) is 6.87. The summed E-state index contributed by atoms with van der Waals surface area (Å²) in [5, 5.41) is 7.17. The number of rotatable bonds is 5. The highest BCUT2D eigenvalue weighted by Gasteiger charge is 2.42. The van der Waals surface area contributed by atoms with Crippen LogP contribution in [0.15, 0.2) is 27.8 Å². The molecule has 1 aromatic heterocycles. The second kappa shape index (κ2) is 9.39. The lowest BCUT2D eigenvalue weighted by molar-refractivity contribution is -0.203. The zero-order valence-corrected chi connectivity index (χ0v) is 16.1. The molecule has 1 saturated heterocycles. The van der Waals surface area contributed by atoms with E-state index in [1.807, 2.05) is 5.48 Å². The Morgan fingerprint density at radius 1 is 1.30 bits per heavy atom. The van der Waals surface area contributed by atoms with Crippen LogP contribution in [0.25, 0.3) is 0 Å². The average molecular weight is 450 g/mol. The number of hydrogen-bond acceptors (Lipinski definition) is 7. The normalized spacial score (nSPS) is 15.4. The molecule has 1 aromatic carbocycles. The summed E-state index contributed by atoms with van der Waals surface area (Å²) < 4.78 is 55.5. The molecule has 162 valence electrons. The van der Waals surface area contributed by atoms with Gasteiger partial charge in [-0.1, -0.05) is 16.8 Å². The molecule has 2 aromatic rings. The average Bonchev–Trinajstić information content (AvgIpc) is 3.36. The van der Waals surface area contributed by atoms with Gasteiger partial charge in [0.2, 0.25) is 0 Å². The number of amidine groups is 1. The van der Waals surface area contributed by atoms with E-state index in [0.29, 0.717) is 18.7 Å². The lowest BCUT2D eigenvalue weighted by atomic mass is 10.2. The standard InChI is InChI=1S/C17H16ClF4N5O3/c18-11-9-10(3-4-12(11)19)23-15(26-29-16(28)17(20,21)22)14-13(24-30-25-14)5-8-27-6-1-2-7-27/h3-4,9H,1-2,5-8H2,(H,23,26). The molecular weight excluding hydrogens is 434 g/mol. The van der Waals surface area contributed by atoms with Crippen molar-refractivity contribution < 1.29 is 31.8 Å². The van der Waals surface area contributed by atoms with Gasteiger partial charge in [0.05, 0.1) is 10.7 Å². The first kappa shape index (κ1) is 22.0. The van der Waals surface area contributed by atoms with E-state index >= 15 is 0 Å². The number of likely N-dealkylation sites (tertiary alicyclic amines) is 1. The van der Waals surface area contributed by atoms with Crippen LogP contribution in [0.4, 0.5) is 23.2 Å². The Labute approximate surface area is 172 Å². The molecule has 1 N–H and O–H groups in total. The minimum Gasteiger partial charge on any atom is -0.333 e. The van der Waals surface area contributed by atoms with Crippen molar-refractivity contribution in [2.45, 2.75) is 25.4 Å². The van der Waals surface area contributed by atoms with Crippen LogP contribution in [0.2, 0.25) is 5.02 Å². The molecule has 0 aliphatic carbocycles. The monoisotopic (exact) mass is 449 g/mol. The molecule has 1 fully saturated rings. The number of alkyl halides is 3. The van der Waals surface area contributed by atoms with Gasteiger partial charge in [0.15, 0.2) is 11.5 Å². The highest BCUT2D eigenvalue weighted by atomic mass is 35.5. The van der Waals surface area contributed by atoms with Crippen molar-refractivity contribution in [1.82, 2.24) is 20.7 Å². The number of hydrogen-bond donors (Lipinski definition) is 1. The molecule has 30 heavy (non-hydrogen) atoms. The van der Waals surface area contributed by atoms with Crippen LogP contribution < -0.4 is 5.48 Å². The fourth-order valence-corrected chi connectivity index (χ4v) is 2.96. The number of hydroxylamine groups is 1. The van der Waals surface area contributed by atoms with Crippen molar-refractivity contribution in [1.29, 1.82) is 0 Å². The fraction of sp³-hybridized carbons (Fsp3) is 0.412. The van der Waals surface area contributed by atoms with Gasteiger partial charge in [0, 0.05) is 13.0 Å². The summed E-state index contributed by atoms with van der Waals surface area (Å²) in [5.41, 5.74) is 2.16. The second-order valence-corrected chi connectivity index (χ2v) is 6.81. The number of aromatic nitrogens is 2. The third-order valence-electron chi connectivity index (χ3n) is 4.26. The molecule has 0 atom stereocenters. The van der Waals surface area contributed by atoms with Crippen LogP contribution in [0, 0.1) is 5.82 Å². The Balaban J connectivity index is 1.85. The molecule has 1 aliphatic rings. The van der Waals surface area contributed by atoms with Gasteiger partial charge in [0.1, 0.15) is 11.5 Å². The summed E-state index contributed by atoms with van der Waals surface area (Å²) in [7, 11) is 0.